The van der Waals surface area contributed by atoms with Gasteiger partial charge in [-0.3, -0.25) is 0 Å². The molecule has 0 saturated carbocycles. The van der Waals surface area contributed by atoms with Crippen LogP contribution in [0.5, 0.6) is 0 Å². The van der Waals surface area contributed by atoms with Crippen molar-refractivity contribution in [1.82, 2.24) is 4.31 Å². The molecule has 112 valence electrons. The summed E-state index contributed by atoms with van der Waals surface area (Å²) < 4.78 is 26.7. The standard InChI is InChI=1S/C15H17ClN2O2S/c1-2-18(11-12-6-4-3-5-7-12)21(19,20)13-8-9-15(17)14(16)10-13/h3-10H,2,11,17H2,1H3. The third-order valence-electron chi connectivity index (χ3n) is 3.16. The van der Waals surface area contributed by atoms with Crippen LogP contribution in [0.15, 0.2) is 53.4 Å². The zero-order chi connectivity index (χ0) is 15.5. The summed E-state index contributed by atoms with van der Waals surface area (Å²) in [5.41, 5.74) is 6.92. The fourth-order valence-corrected chi connectivity index (χ4v) is 3.68. The molecule has 0 aliphatic rings. The first kappa shape index (κ1) is 15.8. The fraction of sp³-hybridized carbons (Fsp3) is 0.200. The third-order valence-corrected chi connectivity index (χ3v) is 5.41. The predicted molar refractivity (Wildman–Crippen MR) is 85.6 cm³/mol. The summed E-state index contributed by atoms with van der Waals surface area (Å²) in [5, 5.41) is 0.242. The van der Waals surface area contributed by atoms with Crippen LogP contribution in [-0.2, 0) is 16.6 Å². The number of nitrogen functional groups attached to an aromatic ring is 1. The molecule has 0 radical (unpaired) electrons. The molecule has 2 N–H and O–H groups in total. The number of anilines is 1. The minimum absolute atomic E-state index is 0.152. The normalized spacial score (nSPS) is 11.8. The Morgan fingerprint density at radius 1 is 1.14 bits per heavy atom. The highest BCUT2D eigenvalue weighted by Crippen LogP contribution is 2.25. The van der Waals surface area contributed by atoms with Crippen molar-refractivity contribution in [1.29, 1.82) is 0 Å². The van der Waals surface area contributed by atoms with Gasteiger partial charge in [-0.1, -0.05) is 48.9 Å². The molecule has 0 aliphatic heterocycles. The first-order chi connectivity index (χ1) is 9.95. The number of hydrogen-bond donors (Lipinski definition) is 1. The van der Waals surface area contributed by atoms with Gasteiger partial charge in [0.15, 0.2) is 0 Å². The monoisotopic (exact) mass is 324 g/mol. The molecule has 2 aromatic carbocycles. The minimum Gasteiger partial charge on any atom is -0.398 e. The van der Waals surface area contributed by atoms with Crippen molar-refractivity contribution < 1.29 is 8.42 Å². The van der Waals surface area contributed by atoms with Gasteiger partial charge in [0.05, 0.1) is 15.6 Å². The van der Waals surface area contributed by atoms with Gasteiger partial charge in [-0.05, 0) is 23.8 Å². The smallest absolute Gasteiger partial charge is 0.243 e. The Hall–Kier alpha value is -1.56. The number of hydrogen-bond acceptors (Lipinski definition) is 3. The van der Waals surface area contributed by atoms with Crippen LogP contribution in [0.3, 0.4) is 0 Å². The molecule has 0 atom stereocenters. The first-order valence-corrected chi connectivity index (χ1v) is 8.36. The van der Waals surface area contributed by atoms with Crippen molar-refractivity contribution in [3.05, 3.63) is 59.1 Å². The molecule has 0 unspecified atom stereocenters. The van der Waals surface area contributed by atoms with Gasteiger partial charge < -0.3 is 5.73 Å². The molecule has 6 heteroatoms. The van der Waals surface area contributed by atoms with E-state index in [1.165, 1.54) is 22.5 Å². The molecule has 0 heterocycles. The molecule has 0 aliphatic carbocycles. The van der Waals surface area contributed by atoms with Crippen LogP contribution in [0.4, 0.5) is 5.69 Å². The Balaban J connectivity index is 2.33. The van der Waals surface area contributed by atoms with Crippen molar-refractivity contribution in [2.45, 2.75) is 18.4 Å². The molecule has 0 aromatic heterocycles. The molecule has 0 bridgehead atoms. The molecule has 0 spiro atoms. The highest BCUT2D eigenvalue weighted by Gasteiger charge is 2.23. The quantitative estimate of drug-likeness (QED) is 0.859. The molecule has 2 aromatic rings. The van der Waals surface area contributed by atoms with Crippen molar-refractivity contribution in [3.8, 4) is 0 Å². The second kappa shape index (κ2) is 6.47. The lowest BCUT2D eigenvalue weighted by Crippen LogP contribution is -2.30. The molecular weight excluding hydrogens is 308 g/mol. The molecule has 0 saturated heterocycles. The van der Waals surface area contributed by atoms with E-state index in [4.69, 9.17) is 17.3 Å². The van der Waals surface area contributed by atoms with Crippen molar-refractivity contribution in [2.24, 2.45) is 0 Å². The number of sulfonamides is 1. The van der Waals surface area contributed by atoms with Crippen molar-refractivity contribution in [3.63, 3.8) is 0 Å². The van der Waals surface area contributed by atoms with Crippen LogP contribution in [0.25, 0.3) is 0 Å². The van der Waals surface area contributed by atoms with Crippen LogP contribution in [0.1, 0.15) is 12.5 Å². The van der Waals surface area contributed by atoms with E-state index in [0.29, 0.717) is 18.8 Å². The number of nitrogens with two attached hydrogens (primary N) is 1. The van der Waals surface area contributed by atoms with Gasteiger partial charge in [0, 0.05) is 13.1 Å². The van der Waals surface area contributed by atoms with Crippen molar-refractivity contribution >= 4 is 27.3 Å². The zero-order valence-corrected chi connectivity index (χ0v) is 13.2. The predicted octanol–water partition coefficient (Wildman–Crippen LogP) is 3.13. The van der Waals surface area contributed by atoms with Gasteiger partial charge in [0.2, 0.25) is 10.0 Å². The molecule has 4 nitrogen and oxygen atoms in total. The van der Waals surface area contributed by atoms with E-state index in [-0.39, 0.29) is 9.92 Å². The topological polar surface area (TPSA) is 63.4 Å². The van der Waals surface area contributed by atoms with Gasteiger partial charge >= 0.3 is 0 Å². The summed E-state index contributed by atoms with van der Waals surface area (Å²) in [6.45, 7) is 2.50. The van der Waals surface area contributed by atoms with Crippen LogP contribution >= 0.6 is 11.6 Å². The van der Waals surface area contributed by atoms with E-state index in [0.717, 1.165) is 5.56 Å². The van der Waals surface area contributed by atoms with Crippen LogP contribution in [-0.4, -0.2) is 19.3 Å². The Bertz CT molecular complexity index is 718. The summed E-state index contributed by atoms with van der Waals surface area (Å²) in [4.78, 5) is 0.152. The maximum absolute atomic E-state index is 12.7. The lowest BCUT2D eigenvalue weighted by atomic mass is 10.2. The van der Waals surface area contributed by atoms with Crippen LogP contribution in [0, 0.1) is 0 Å². The highest BCUT2D eigenvalue weighted by atomic mass is 35.5. The second-order valence-corrected chi connectivity index (χ2v) is 6.95. The Labute approximate surface area is 130 Å². The van der Waals surface area contributed by atoms with Crippen LogP contribution < -0.4 is 5.73 Å². The van der Waals surface area contributed by atoms with E-state index < -0.39 is 10.0 Å². The molecule has 0 amide bonds. The summed E-state index contributed by atoms with van der Waals surface area (Å²) in [6, 6.07) is 13.8. The van der Waals surface area contributed by atoms with Gasteiger partial charge in [-0.25, -0.2) is 8.42 Å². The van der Waals surface area contributed by atoms with Crippen molar-refractivity contribution in [2.75, 3.05) is 12.3 Å². The zero-order valence-electron chi connectivity index (χ0n) is 11.7. The lowest BCUT2D eigenvalue weighted by molar-refractivity contribution is 0.423. The SMILES string of the molecule is CCN(Cc1ccccc1)S(=O)(=O)c1ccc(N)c(Cl)c1. The van der Waals surface area contributed by atoms with E-state index >= 15 is 0 Å². The Morgan fingerprint density at radius 2 is 1.81 bits per heavy atom. The average molecular weight is 325 g/mol. The number of halogens is 1. The lowest BCUT2D eigenvalue weighted by Gasteiger charge is -2.21. The van der Waals surface area contributed by atoms with Gasteiger partial charge in [-0.2, -0.15) is 4.31 Å². The van der Waals surface area contributed by atoms with E-state index in [1.54, 1.807) is 6.92 Å². The van der Waals surface area contributed by atoms with Crippen LogP contribution in [0.2, 0.25) is 5.02 Å². The largest absolute Gasteiger partial charge is 0.398 e. The van der Waals surface area contributed by atoms with Gasteiger partial charge in [0.25, 0.3) is 0 Å². The average Bonchev–Trinajstić information content (AvgIpc) is 2.48. The summed E-state index contributed by atoms with van der Waals surface area (Å²) in [7, 11) is -3.60. The minimum atomic E-state index is -3.60. The highest BCUT2D eigenvalue weighted by molar-refractivity contribution is 7.89. The molecule has 2 rings (SSSR count). The molecular formula is C15H17ClN2O2S. The summed E-state index contributed by atoms with van der Waals surface area (Å²) in [6.07, 6.45) is 0. The second-order valence-electron chi connectivity index (χ2n) is 4.60. The number of rotatable bonds is 5. The number of benzene rings is 2. The van der Waals surface area contributed by atoms with Gasteiger partial charge in [-0.15, -0.1) is 0 Å². The summed E-state index contributed by atoms with van der Waals surface area (Å²) >= 11 is 5.92. The number of nitrogens with zero attached hydrogens (tertiary/aromatic N) is 1. The van der Waals surface area contributed by atoms with E-state index in [2.05, 4.69) is 0 Å². The van der Waals surface area contributed by atoms with E-state index in [1.807, 2.05) is 30.3 Å². The molecule has 0 fully saturated rings. The maximum Gasteiger partial charge on any atom is 0.243 e. The first-order valence-electron chi connectivity index (χ1n) is 6.54. The Morgan fingerprint density at radius 3 is 2.38 bits per heavy atom. The summed E-state index contributed by atoms with van der Waals surface area (Å²) in [5.74, 6) is 0. The van der Waals surface area contributed by atoms with Gasteiger partial charge in [0.1, 0.15) is 0 Å². The fourth-order valence-electron chi connectivity index (χ4n) is 1.97. The third kappa shape index (κ3) is 3.56. The Kier molecular flexibility index (Phi) is 4.88. The molecule has 21 heavy (non-hydrogen) atoms. The van der Waals surface area contributed by atoms with E-state index in [9.17, 15) is 8.42 Å². The maximum atomic E-state index is 12.7.